The van der Waals surface area contributed by atoms with E-state index < -0.39 is 46.8 Å². The Hall–Kier alpha value is -1.17. The van der Waals surface area contributed by atoms with E-state index in [1.165, 1.54) is 5.38 Å². The number of ether oxygens (including phenoxy) is 1. The van der Waals surface area contributed by atoms with Gasteiger partial charge in [-0.1, -0.05) is 0 Å². The molecule has 20 heavy (non-hydrogen) atoms. The standard InChI is InChI=1S/C9H10F3NO5S2/c10-9(11,12)5-18-3-2-13-20(16,17)6-1-4-19-7(6)8(14)15/h1,4,13H,2-3,5H2,(H,14,15). The lowest BCUT2D eigenvalue weighted by atomic mass is 10.5. The Kier molecular flexibility index (Phi) is 5.50. The van der Waals surface area contributed by atoms with Crippen LogP contribution in [0.5, 0.6) is 0 Å². The Morgan fingerprint density at radius 2 is 2.10 bits per heavy atom. The van der Waals surface area contributed by atoms with Crippen molar-refractivity contribution >= 4 is 27.3 Å². The van der Waals surface area contributed by atoms with Crippen molar-refractivity contribution in [1.82, 2.24) is 4.72 Å². The van der Waals surface area contributed by atoms with Gasteiger partial charge in [0, 0.05) is 6.54 Å². The minimum Gasteiger partial charge on any atom is -0.477 e. The molecule has 1 aromatic heterocycles. The first kappa shape index (κ1) is 16.9. The van der Waals surface area contributed by atoms with Gasteiger partial charge < -0.3 is 9.84 Å². The summed E-state index contributed by atoms with van der Waals surface area (Å²) in [5.41, 5.74) is 0. The van der Waals surface area contributed by atoms with Crippen LogP contribution >= 0.6 is 11.3 Å². The molecule has 0 fully saturated rings. The second-order valence-corrected chi connectivity index (χ2v) is 6.14. The van der Waals surface area contributed by atoms with Gasteiger partial charge in [0.05, 0.1) is 6.61 Å². The van der Waals surface area contributed by atoms with Crippen molar-refractivity contribution in [3.63, 3.8) is 0 Å². The summed E-state index contributed by atoms with van der Waals surface area (Å²) in [5.74, 6) is -1.39. The van der Waals surface area contributed by atoms with Crippen LogP contribution in [-0.4, -0.2) is 45.4 Å². The molecule has 0 saturated carbocycles. The van der Waals surface area contributed by atoms with E-state index in [2.05, 4.69) is 4.74 Å². The molecule has 0 atom stereocenters. The number of hydrogen-bond donors (Lipinski definition) is 2. The molecular weight excluding hydrogens is 323 g/mol. The molecule has 0 saturated heterocycles. The SMILES string of the molecule is O=C(O)c1sccc1S(=O)(=O)NCCOCC(F)(F)F. The number of carboxylic acids is 1. The van der Waals surface area contributed by atoms with Crippen molar-refractivity contribution in [3.05, 3.63) is 16.3 Å². The fraction of sp³-hybridized carbons (Fsp3) is 0.444. The van der Waals surface area contributed by atoms with Gasteiger partial charge in [-0.15, -0.1) is 11.3 Å². The Balaban J connectivity index is 2.54. The molecule has 11 heteroatoms. The molecule has 6 nitrogen and oxygen atoms in total. The van der Waals surface area contributed by atoms with E-state index in [9.17, 15) is 26.4 Å². The number of rotatable bonds is 7. The van der Waals surface area contributed by atoms with E-state index in [1.807, 2.05) is 4.72 Å². The van der Waals surface area contributed by atoms with Gasteiger partial charge in [0.1, 0.15) is 16.4 Å². The maximum absolute atomic E-state index is 11.8. The maximum Gasteiger partial charge on any atom is 0.411 e. The second kappa shape index (κ2) is 6.52. The number of thiophene rings is 1. The molecule has 2 N–H and O–H groups in total. The fourth-order valence-corrected chi connectivity index (χ4v) is 3.45. The van der Waals surface area contributed by atoms with Crippen molar-refractivity contribution in [1.29, 1.82) is 0 Å². The molecule has 0 spiro atoms. The first-order valence-electron chi connectivity index (χ1n) is 5.08. The summed E-state index contributed by atoms with van der Waals surface area (Å²) in [4.78, 5) is 9.99. The van der Waals surface area contributed by atoms with E-state index in [0.717, 1.165) is 17.4 Å². The topological polar surface area (TPSA) is 92.7 Å². The highest BCUT2D eigenvalue weighted by molar-refractivity contribution is 7.89. The minimum atomic E-state index is -4.48. The number of nitrogens with one attached hydrogen (secondary N) is 1. The molecule has 0 amide bonds. The van der Waals surface area contributed by atoms with Crippen molar-refractivity contribution in [2.24, 2.45) is 0 Å². The van der Waals surface area contributed by atoms with Crippen LogP contribution < -0.4 is 4.72 Å². The summed E-state index contributed by atoms with van der Waals surface area (Å²) < 4.78 is 64.9. The zero-order valence-corrected chi connectivity index (χ0v) is 11.4. The number of alkyl halides is 3. The van der Waals surface area contributed by atoms with Gasteiger partial charge in [0.25, 0.3) is 0 Å². The Morgan fingerprint density at radius 3 is 2.65 bits per heavy atom. The zero-order valence-electron chi connectivity index (χ0n) is 9.81. The third-order valence-electron chi connectivity index (χ3n) is 1.92. The van der Waals surface area contributed by atoms with Crippen molar-refractivity contribution < 1.29 is 36.2 Å². The quantitative estimate of drug-likeness (QED) is 0.734. The summed E-state index contributed by atoms with van der Waals surface area (Å²) in [6, 6.07) is 1.10. The smallest absolute Gasteiger partial charge is 0.411 e. The van der Waals surface area contributed by atoms with E-state index in [0.29, 0.717) is 0 Å². The third kappa shape index (κ3) is 5.07. The van der Waals surface area contributed by atoms with Crippen molar-refractivity contribution in [2.45, 2.75) is 11.1 Å². The molecule has 1 rings (SSSR count). The number of halogens is 3. The van der Waals surface area contributed by atoms with E-state index in [1.54, 1.807) is 0 Å². The molecule has 1 heterocycles. The highest BCUT2D eigenvalue weighted by Gasteiger charge is 2.27. The maximum atomic E-state index is 11.8. The lowest BCUT2D eigenvalue weighted by Gasteiger charge is -2.09. The summed E-state index contributed by atoms with van der Waals surface area (Å²) in [6.07, 6.45) is -4.48. The van der Waals surface area contributed by atoms with Crippen LogP contribution in [0.2, 0.25) is 0 Å². The molecule has 0 unspecified atom stereocenters. The van der Waals surface area contributed by atoms with Gasteiger partial charge in [0.2, 0.25) is 10.0 Å². The van der Waals surface area contributed by atoms with Crippen LogP contribution in [0.15, 0.2) is 16.3 Å². The van der Waals surface area contributed by atoms with E-state index in [-0.39, 0.29) is 4.88 Å². The first-order chi connectivity index (χ1) is 9.13. The molecule has 0 aliphatic rings. The number of aromatic carboxylic acids is 1. The van der Waals surface area contributed by atoms with Crippen LogP contribution in [0.4, 0.5) is 13.2 Å². The molecule has 0 aromatic carbocycles. The monoisotopic (exact) mass is 333 g/mol. The molecular formula is C9H10F3NO5S2. The minimum absolute atomic E-state index is 0.367. The van der Waals surface area contributed by atoms with Gasteiger partial charge >= 0.3 is 12.1 Å². The lowest BCUT2D eigenvalue weighted by Crippen LogP contribution is -2.29. The fourth-order valence-electron chi connectivity index (χ4n) is 1.18. The van der Waals surface area contributed by atoms with E-state index >= 15 is 0 Å². The molecule has 0 aliphatic carbocycles. The number of carboxylic acid groups (broad SMARTS) is 1. The summed E-state index contributed by atoms with van der Waals surface area (Å²) in [6.45, 7) is -2.36. The highest BCUT2D eigenvalue weighted by Crippen LogP contribution is 2.21. The summed E-state index contributed by atoms with van der Waals surface area (Å²) in [5, 5.41) is 10.1. The summed E-state index contributed by atoms with van der Waals surface area (Å²) in [7, 11) is -4.09. The van der Waals surface area contributed by atoms with E-state index in [4.69, 9.17) is 5.11 Å². The number of hydrogen-bond acceptors (Lipinski definition) is 5. The Morgan fingerprint density at radius 1 is 1.45 bits per heavy atom. The average Bonchev–Trinajstić information content (AvgIpc) is 2.76. The molecule has 0 bridgehead atoms. The third-order valence-corrected chi connectivity index (χ3v) is 4.45. The Labute approximate surface area is 116 Å². The van der Waals surface area contributed by atoms with Crippen molar-refractivity contribution in [2.75, 3.05) is 19.8 Å². The summed E-state index contributed by atoms with van der Waals surface area (Å²) >= 11 is 0.733. The molecule has 0 radical (unpaired) electrons. The lowest BCUT2D eigenvalue weighted by molar-refractivity contribution is -0.173. The molecule has 114 valence electrons. The predicted octanol–water partition coefficient (Wildman–Crippen LogP) is 1.30. The predicted molar refractivity (Wildman–Crippen MR) is 63.3 cm³/mol. The number of carbonyl (C=O) groups is 1. The Bertz CT molecular complexity index is 566. The van der Waals surface area contributed by atoms with Gasteiger partial charge in [-0.05, 0) is 11.4 Å². The average molecular weight is 333 g/mol. The zero-order chi connectivity index (χ0) is 15.4. The van der Waals surface area contributed by atoms with Gasteiger partial charge in [-0.3, -0.25) is 0 Å². The van der Waals surface area contributed by atoms with Crippen LogP contribution in [0.25, 0.3) is 0 Å². The largest absolute Gasteiger partial charge is 0.477 e. The van der Waals surface area contributed by atoms with Gasteiger partial charge in [-0.2, -0.15) is 13.2 Å². The van der Waals surface area contributed by atoms with Crippen LogP contribution in [0.3, 0.4) is 0 Å². The van der Waals surface area contributed by atoms with Crippen molar-refractivity contribution in [3.8, 4) is 0 Å². The molecule has 0 aliphatic heterocycles. The van der Waals surface area contributed by atoms with Crippen LogP contribution in [0, 0.1) is 0 Å². The number of sulfonamides is 1. The molecule has 1 aromatic rings. The van der Waals surface area contributed by atoms with Gasteiger partial charge in [-0.25, -0.2) is 17.9 Å². The van der Waals surface area contributed by atoms with Crippen LogP contribution in [-0.2, 0) is 14.8 Å². The normalized spacial score (nSPS) is 12.6. The van der Waals surface area contributed by atoms with Gasteiger partial charge in [0.15, 0.2) is 0 Å². The second-order valence-electron chi connectivity index (χ2n) is 3.48. The highest BCUT2D eigenvalue weighted by atomic mass is 32.2. The van der Waals surface area contributed by atoms with Crippen LogP contribution in [0.1, 0.15) is 9.67 Å². The first-order valence-corrected chi connectivity index (χ1v) is 7.45.